The molecule has 1 aliphatic heterocycles. The number of hydrogen-bond donors (Lipinski definition) is 1. The summed E-state index contributed by atoms with van der Waals surface area (Å²) in [6, 6.07) is 4.22. The van der Waals surface area contributed by atoms with Crippen molar-refractivity contribution in [2.75, 3.05) is 59.6 Å². The Balaban J connectivity index is 1.68. The number of benzene rings is 1. The Hall–Kier alpha value is -1.79. The van der Waals surface area contributed by atoms with Crippen molar-refractivity contribution in [3.8, 4) is 5.75 Å². The van der Waals surface area contributed by atoms with Gasteiger partial charge in [-0.25, -0.2) is 4.79 Å². The smallest absolute Gasteiger partial charge is 0.317 e. The fourth-order valence-corrected chi connectivity index (χ4v) is 3.21. The van der Waals surface area contributed by atoms with E-state index < -0.39 is 0 Å². The van der Waals surface area contributed by atoms with Gasteiger partial charge in [-0.2, -0.15) is 0 Å². The number of piperazine rings is 1. The fourth-order valence-electron chi connectivity index (χ4n) is 3.21. The van der Waals surface area contributed by atoms with Crippen LogP contribution in [-0.4, -0.2) is 75.4 Å². The highest BCUT2D eigenvalue weighted by atomic mass is 16.5. The Kier molecular flexibility index (Phi) is 7.52. The van der Waals surface area contributed by atoms with Crippen molar-refractivity contribution in [3.05, 3.63) is 28.8 Å². The number of rotatable bonds is 7. The Morgan fingerprint density at radius 2 is 1.72 bits per heavy atom. The minimum atomic E-state index is -0.00709. The first-order valence-corrected chi connectivity index (χ1v) is 8.96. The Morgan fingerprint density at radius 3 is 2.32 bits per heavy atom. The molecule has 140 valence electrons. The van der Waals surface area contributed by atoms with Crippen LogP contribution in [-0.2, 0) is 4.74 Å². The number of hydrogen-bond acceptors (Lipinski definition) is 4. The van der Waals surface area contributed by atoms with Crippen LogP contribution in [0.3, 0.4) is 0 Å². The lowest BCUT2D eigenvalue weighted by Crippen LogP contribution is -2.52. The van der Waals surface area contributed by atoms with Crippen molar-refractivity contribution in [3.63, 3.8) is 0 Å². The Bertz CT molecular complexity index is 546. The van der Waals surface area contributed by atoms with Gasteiger partial charge in [-0.05, 0) is 31.9 Å². The van der Waals surface area contributed by atoms with Crippen LogP contribution < -0.4 is 10.1 Å². The van der Waals surface area contributed by atoms with Crippen LogP contribution in [0.1, 0.15) is 16.7 Å². The highest BCUT2D eigenvalue weighted by Gasteiger charge is 2.20. The second-order valence-electron chi connectivity index (χ2n) is 6.63. The van der Waals surface area contributed by atoms with E-state index >= 15 is 0 Å². The van der Waals surface area contributed by atoms with Crippen LogP contribution in [0.2, 0.25) is 0 Å². The molecule has 1 heterocycles. The van der Waals surface area contributed by atoms with Gasteiger partial charge in [-0.15, -0.1) is 0 Å². The van der Waals surface area contributed by atoms with E-state index in [2.05, 4.69) is 43.1 Å². The van der Waals surface area contributed by atoms with Crippen molar-refractivity contribution < 1.29 is 14.3 Å². The maximum atomic E-state index is 12.2. The first-order valence-electron chi connectivity index (χ1n) is 8.96. The molecule has 0 aliphatic carbocycles. The zero-order chi connectivity index (χ0) is 18.2. The van der Waals surface area contributed by atoms with E-state index in [0.717, 1.165) is 56.2 Å². The molecule has 0 spiro atoms. The van der Waals surface area contributed by atoms with E-state index in [-0.39, 0.29) is 6.03 Å². The zero-order valence-corrected chi connectivity index (χ0v) is 15.9. The van der Waals surface area contributed by atoms with Crippen molar-refractivity contribution in [1.29, 1.82) is 0 Å². The van der Waals surface area contributed by atoms with E-state index in [4.69, 9.17) is 9.47 Å². The summed E-state index contributed by atoms with van der Waals surface area (Å²) in [6.07, 6.45) is 0. The third-order valence-corrected chi connectivity index (χ3v) is 4.50. The van der Waals surface area contributed by atoms with Gasteiger partial charge in [-0.3, -0.25) is 4.90 Å². The molecule has 2 amide bonds. The predicted molar refractivity (Wildman–Crippen MR) is 99.4 cm³/mol. The van der Waals surface area contributed by atoms with Gasteiger partial charge in [-0.1, -0.05) is 17.7 Å². The lowest BCUT2D eigenvalue weighted by atomic mass is 10.1. The largest absolute Gasteiger partial charge is 0.491 e. The number of amides is 2. The first kappa shape index (κ1) is 19.5. The van der Waals surface area contributed by atoms with Crippen LogP contribution in [0.15, 0.2) is 12.1 Å². The van der Waals surface area contributed by atoms with Gasteiger partial charge in [0.1, 0.15) is 12.4 Å². The minimum absolute atomic E-state index is 0.00709. The van der Waals surface area contributed by atoms with Gasteiger partial charge in [0.15, 0.2) is 0 Å². The lowest BCUT2D eigenvalue weighted by molar-refractivity contribution is 0.105. The number of ether oxygens (including phenoxy) is 2. The molecule has 25 heavy (non-hydrogen) atoms. The topological polar surface area (TPSA) is 54.0 Å². The van der Waals surface area contributed by atoms with Crippen molar-refractivity contribution in [2.24, 2.45) is 0 Å². The maximum Gasteiger partial charge on any atom is 0.317 e. The molecule has 0 atom stereocenters. The molecule has 6 nitrogen and oxygen atoms in total. The average molecular weight is 349 g/mol. The number of carbonyl (C=O) groups excluding carboxylic acids is 1. The SMILES string of the molecule is COCCN1CCN(C(=O)NCCOc2c(C)cc(C)cc2C)CC1. The van der Waals surface area contributed by atoms with Crippen LogP contribution >= 0.6 is 0 Å². The quantitative estimate of drug-likeness (QED) is 0.765. The normalized spacial score (nSPS) is 15.3. The Labute approximate surface area is 151 Å². The monoisotopic (exact) mass is 349 g/mol. The van der Waals surface area contributed by atoms with Crippen molar-refractivity contribution in [1.82, 2.24) is 15.1 Å². The first-order chi connectivity index (χ1) is 12.0. The lowest BCUT2D eigenvalue weighted by Gasteiger charge is -2.34. The summed E-state index contributed by atoms with van der Waals surface area (Å²) in [7, 11) is 1.71. The van der Waals surface area contributed by atoms with Crippen LogP contribution in [0.4, 0.5) is 4.79 Å². The summed E-state index contributed by atoms with van der Waals surface area (Å²) in [4.78, 5) is 16.4. The maximum absolute atomic E-state index is 12.2. The molecule has 1 aromatic carbocycles. The van der Waals surface area contributed by atoms with Gasteiger partial charge in [0.05, 0.1) is 13.2 Å². The number of nitrogens with one attached hydrogen (secondary N) is 1. The molecular formula is C19H31N3O3. The molecule has 6 heteroatoms. The average Bonchev–Trinajstić information content (AvgIpc) is 2.58. The Morgan fingerprint density at radius 1 is 1.08 bits per heavy atom. The van der Waals surface area contributed by atoms with Crippen LogP contribution in [0.5, 0.6) is 5.75 Å². The summed E-state index contributed by atoms with van der Waals surface area (Å²) in [5.41, 5.74) is 3.51. The molecule has 1 saturated heterocycles. The van der Waals surface area contributed by atoms with Gasteiger partial charge in [0.25, 0.3) is 0 Å². The molecule has 2 rings (SSSR count). The van der Waals surface area contributed by atoms with E-state index in [1.54, 1.807) is 7.11 Å². The molecule has 1 N–H and O–H groups in total. The van der Waals surface area contributed by atoms with E-state index in [0.29, 0.717) is 13.2 Å². The summed E-state index contributed by atoms with van der Waals surface area (Å²) in [6.45, 7) is 12.1. The number of aryl methyl sites for hydroxylation is 3. The molecule has 0 aromatic heterocycles. The number of nitrogens with zero attached hydrogens (tertiary/aromatic N) is 2. The molecule has 1 aromatic rings. The predicted octanol–water partition coefficient (Wildman–Crippen LogP) is 1.96. The highest BCUT2D eigenvalue weighted by Crippen LogP contribution is 2.24. The van der Waals surface area contributed by atoms with E-state index in [1.165, 1.54) is 5.56 Å². The standard InChI is InChI=1S/C19H31N3O3/c1-15-13-16(2)18(17(3)14-15)25-11-5-20-19(23)22-8-6-21(7-9-22)10-12-24-4/h13-14H,5-12H2,1-4H3,(H,20,23). The highest BCUT2D eigenvalue weighted by molar-refractivity contribution is 5.74. The summed E-state index contributed by atoms with van der Waals surface area (Å²) in [5, 5.41) is 2.95. The number of urea groups is 1. The molecular weight excluding hydrogens is 318 g/mol. The van der Waals surface area contributed by atoms with Gasteiger partial charge < -0.3 is 19.7 Å². The molecule has 1 aliphatic rings. The van der Waals surface area contributed by atoms with Gasteiger partial charge in [0, 0.05) is 39.8 Å². The van der Waals surface area contributed by atoms with Gasteiger partial charge in [0.2, 0.25) is 0 Å². The summed E-state index contributed by atoms with van der Waals surface area (Å²) < 4.78 is 11.0. The molecule has 0 unspecified atom stereocenters. The molecule has 1 fully saturated rings. The van der Waals surface area contributed by atoms with Crippen molar-refractivity contribution in [2.45, 2.75) is 20.8 Å². The van der Waals surface area contributed by atoms with Crippen LogP contribution in [0, 0.1) is 20.8 Å². The second-order valence-corrected chi connectivity index (χ2v) is 6.63. The minimum Gasteiger partial charge on any atom is -0.491 e. The third kappa shape index (κ3) is 5.90. The number of methoxy groups -OCH3 is 1. The summed E-state index contributed by atoms with van der Waals surface area (Å²) in [5.74, 6) is 0.923. The summed E-state index contributed by atoms with van der Waals surface area (Å²) >= 11 is 0. The molecule has 0 bridgehead atoms. The fraction of sp³-hybridized carbons (Fsp3) is 0.632. The van der Waals surface area contributed by atoms with Crippen LogP contribution in [0.25, 0.3) is 0 Å². The van der Waals surface area contributed by atoms with Crippen molar-refractivity contribution >= 4 is 6.03 Å². The van der Waals surface area contributed by atoms with E-state index in [1.807, 2.05) is 4.90 Å². The number of carbonyl (C=O) groups is 1. The molecule has 0 saturated carbocycles. The molecule has 0 radical (unpaired) electrons. The zero-order valence-electron chi connectivity index (χ0n) is 15.9. The third-order valence-electron chi connectivity index (χ3n) is 4.50. The van der Waals surface area contributed by atoms with E-state index in [9.17, 15) is 4.79 Å². The second kappa shape index (κ2) is 9.63. The van der Waals surface area contributed by atoms with Gasteiger partial charge >= 0.3 is 6.03 Å².